The van der Waals surface area contributed by atoms with Crippen LogP contribution in [0.15, 0.2) is 78.9 Å². The van der Waals surface area contributed by atoms with Gasteiger partial charge in [0.2, 0.25) is 0 Å². The molecule has 1 amide bonds. The van der Waals surface area contributed by atoms with Crippen molar-refractivity contribution < 1.29 is 14.3 Å². The molecule has 1 saturated carbocycles. The van der Waals surface area contributed by atoms with Gasteiger partial charge in [-0.1, -0.05) is 62.4 Å². The van der Waals surface area contributed by atoms with Crippen molar-refractivity contribution in [3.05, 3.63) is 90.0 Å². The Bertz CT molecular complexity index is 1100. The molecule has 3 aromatic carbocycles. The molecule has 1 aliphatic carbocycles. The third-order valence-electron chi connectivity index (χ3n) is 6.48. The zero-order valence-corrected chi connectivity index (χ0v) is 21.4. The number of benzene rings is 3. The summed E-state index contributed by atoms with van der Waals surface area (Å²) < 4.78 is 11.7. The first-order valence-electron chi connectivity index (χ1n) is 12.8. The van der Waals surface area contributed by atoms with Crippen LogP contribution in [0.2, 0.25) is 0 Å². The van der Waals surface area contributed by atoms with E-state index in [9.17, 15) is 4.79 Å². The lowest BCUT2D eigenvalue weighted by atomic mass is 9.87. The summed E-state index contributed by atoms with van der Waals surface area (Å²) in [4.78, 5) is 12.6. The van der Waals surface area contributed by atoms with Crippen molar-refractivity contribution in [2.75, 3.05) is 18.5 Å². The molecule has 2 N–H and O–H groups in total. The van der Waals surface area contributed by atoms with E-state index >= 15 is 0 Å². The third-order valence-corrected chi connectivity index (χ3v) is 6.68. The molecule has 0 radical (unpaired) electrons. The molecule has 0 aliphatic heterocycles. The molecule has 1 aliphatic rings. The molecule has 0 spiro atoms. The monoisotopic (exact) mass is 502 g/mol. The number of anilines is 1. The van der Waals surface area contributed by atoms with Gasteiger partial charge in [0.05, 0.1) is 13.2 Å². The van der Waals surface area contributed by atoms with Gasteiger partial charge in [0, 0.05) is 17.7 Å². The maximum atomic E-state index is 12.6. The second kappa shape index (κ2) is 13.6. The lowest BCUT2D eigenvalue weighted by molar-refractivity contribution is 0.0977. The Balaban J connectivity index is 1.16. The summed E-state index contributed by atoms with van der Waals surface area (Å²) in [5.41, 5.74) is 2.53. The fourth-order valence-electron chi connectivity index (χ4n) is 4.43. The van der Waals surface area contributed by atoms with E-state index in [1.807, 2.05) is 42.5 Å². The lowest BCUT2D eigenvalue weighted by Crippen LogP contribution is -2.34. The van der Waals surface area contributed by atoms with Crippen LogP contribution in [0.1, 0.15) is 54.4 Å². The molecule has 0 aromatic heterocycles. The highest BCUT2D eigenvalue weighted by atomic mass is 32.1. The van der Waals surface area contributed by atoms with Gasteiger partial charge in [0.1, 0.15) is 11.5 Å². The highest BCUT2D eigenvalue weighted by Gasteiger charge is 2.13. The minimum Gasteiger partial charge on any atom is -0.494 e. The van der Waals surface area contributed by atoms with Crippen LogP contribution in [0, 0.1) is 5.92 Å². The Hall–Kier alpha value is -3.38. The molecule has 0 bridgehead atoms. The number of carbonyl (C=O) groups is 1. The zero-order valence-electron chi connectivity index (χ0n) is 20.6. The molecule has 4 rings (SSSR count). The van der Waals surface area contributed by atoms with E-state index in [-0.39, 0.29) is 11.0 Å². The van der Waals surface area contributed by atoms with Gasteiger partial charge in [-0.3, -0.25) is 10.1 Å². The molecular weight excluding hydrogens is 468 g/mol. The minimum absolute atomic E-state index is 0.245. The van der Waals surface area contributed by atoms with Crippen LogP contribution in [0.5, 0.6) is 11.5 Å². The summed E-state index contributed by atoms with van der Waals surface area (Å²) in [7, 11) is 0. The first-order chi connectivity index (χ1) is 17.7. The highest BCUT2D eigenvalue weighted by molar-refractivity contribution is 7.80. The number of carbonyl (C=O) groups excluding carboxylic acids is 1. The van der Waals surface area contributed by atoms with Gasteiger partial charge in [-0.15, -0.1) is 0 Å². The summed E-state index contributed by atoms with van der Waals surface area (Å²) in [6.07, 6.45) is 8.72. The van der Waals surface area contributed by atoms with Gasteiger partial charge in [0.15, 0.2) is 5.11 Å². The second-order valence-electron chi connectivity index (χ2n) is 9.18. The predicted molar refractivity (Wildman–Crippen MR) is 149 cm³/mol. The van der Waals surface area contributed by atoms with E-state index in [1.54, 1.807) is 24.3 Å². The van der Waals surface area contributed by atoms with Crippen molar-refractivity contribution in [2.24, 2.45) is 5.92 Å². The first kappa shape index (κ1) is 25.7. The number of hydrogen-bond acceptors (Lipinski definition) is 4. The van der Waals surface area contributed by atoms with E-state index in [0.717, 1.165) is 42.6 Å². The Kier molecular flexibility index (Phi) is 9.74. The van der Waals surface area contributed by atoms with Crippen LogP contribution in [0.3, 0.4) is 0 Å². The SMILES string of the molecule is O=C(NC(=S)Nc1ccc(OCCC2CCCCC2)cc1)c1ccc(OCCc2ccccc2)cc1. The quantitative estimate of drug-likeness (QED) is 0.299. The topological polar surface area (TPSA) is 59.6 Å². The predicted octanol–water partition coefficient (Wildman–Crippen LogP) is 6.78. The Labute approximate surface area is 219 Å². The van der Waals surface area contributed by atoms with Crippen LogP contribution >= 0.6 is 12.2 Å². The highest BCUT2D eigenvalue weighted by Crippen LogP contribution is 2.26. The molecule has 36 heavy (non-hydrogen) atoms. The molecule has 0 heterocycles. The summed E-state index contributed by atoms with van der Waals surface area (Å²) in [5, 5.41) is 6.02. The van der Waals surface area contributed by atoms with Crippen molar-refractivity contribution in [1.82, 2.24) is 5.32 Å². The molecule has 1 fully saturated rings. The van der Waals surface area contributed by atoms with E-state index < -0.39 is 0 Å². The average Bonchev–Trinajstić information content (AvgIpc) is 2.91. The van der Waals surface area contributed by atoms with Gasteiger partial charge >= 0.3 is 0 Å². The summed E-state index contributed by atoms with van der Waals surface area (Å²) in [6.45, 7) is 1.33. The lowest BCUT2D eigenvalue weighted by Gasteiger charge is -2.21. The third kappa shape index (κ3) is 8.38. The number of rotatable bonds is 10. The molecule has 6 heteroatoms. The number of amides is 1. The van der Waals surface area contributed by atoms with Crippen LogP contribution < -0.4 is 20.1 Å². The van der Waals surface area contributed by atoms with Gasteiger partial charge < -0.3 is 14.8 Å². The Morgan fingerprint density at radius 3 is 2.14 bits per heavy atom. The summed E-state index contributed by atoms with van der Waals surface area (Å²) >= 11 is 5.32. The van der Waals surface area contributed by atoms with Crippen molar-refractivity contribution in [3.63, 3.8) is 0 Å². The van der Waals surface area contributed by atoms with Crippen LogP contribution in [-0.2, 0) is 6.42 Å². The molecular formula is C30H34N2O3S. The maximum absolute atomic E-state index is 12.6. The summed E-state index contributed by atoms with van der Waals surface area (Å²) in [5.74, 6) is 2.11. The van der Waals surface area contributed by atoms with Crippen molar-refractivity contribution in [2.45, 2.75) is 44.9 Å². The van der Waals surface area contributed by atoms with Crippen molar-refractivity contribution >= 4 is 28.9 Å². The second-order valence-corrected chi connectivity index (χ2v) is 9.59. The van der Waals surface area contributed by atoms with Crippen LogP contribution in [-0.4, -0.2) is 24.2 Å². The summed E-state index contributed by atoms with van der Waals surface area (Å²) in [6, 6.07) is 24.9. The molecule has 3 aromatic rings. The minimum atomic E-state index is -0.272. The maximum Gasteiger partial charge on any atom is 0.257 e. The van der Waals surface area contributed by atoms with Gasteiger partial charge in [0.25, 0.3) is 5.91 Å². The van der Waals surface area contributed by atoms with Gasteiger partial charge in [-0.05, 0) is 78.7 Å². The van der Waals surface area contributed by atoms with Gasteiger partial charge in [-0.2, -0.15) is 0 Å². The standard InChI is InChI=1S/C30H34N2O3S/c33-29(25-11-15-27(16-12-25)34-21-19-23-7-3-1-4-8-23)32-30(36)31-26-13-17-28(18-14-26)35-22-20-24-9-5-2-6-10-24/h1,3-4,7-8,11-18,24H,2,5-6,9-10,19-22H2,(H2,31,32,33,36). The zero-order chi connectivity index (χ0) is 25.0. The Morgan fingerprint density at radius 2 is 1.44 bits per heavy atom. The van der Waals surface area contributed by atoms with Crippen molar-refractivity contribution in [3.8, 4) is 11.5 Å². The number of hydrogen-bond donors (Lipinski definition) is 2. The van der Waals surface area contributed by atoms with Crippen LogP contribution in [0.25, 0.3) is 0 Å². The first-order valence-corrected chi connectivity index (χ1v) is 13.2. The van der Waals surface area contributed by atoms with E-state index in [4.69, 9.17) is 21.7 Å². The fourth-order valence-corrected chi connectivity index (χ4v) is 4.64. The largest absolute Gasteiger partial charge is 0.494 e. The van der Waals surface area contributed by atoms with E-state index in [0.29, 0.717) is 12.2 Å². The molecule has 188 valence electrons. The number of ether oxygens (including phenoxy) is 2. The van der Waals surface area contributed by atoms with Crippen LogP contribution in [0.4, 0.5) is 5.69 Å². The van der Waals surface area contributed by atoms with E-state index in [1.165, 1.54) is 37.7 Å². The molecule has 0 atom stereocenters. The van der Waals surface area contributed by atoms with Gasteiger partial charge in [-0.25, -0.2) is 0 Å². The normalized spacial score (nSPS) is 13.6. The molecule has 0 unspecified atom stereocenters. The Morgan fingerprint density at radius 1 is 0.806 bits per heavy atom. The van der Waals surface area contributed by atoms with E-state index in [2.05, 4.69) is 22.8 Å². The average molecular weight is 503 g/mol. The molecule has 0 saturated heterocycles. The number of thiocarbonyl (C=S) groups is 1. The number of nitrogens with one attached hydrogen (secondary N) is 2. The molecule has 5 nitrogen and oxygen atoms in total. The smallest absolute Gasteiger partial charge is 0.257 e. The van der Waals surface area contributed by atoms with Crippen molar-refractivity contribution in [1.29, 1.82) is 0 Å². The fraction of sp³-hybridized carbons (Fsp3) is 0.333.